The van der Waals surface area contributed by atoms with Gasteiger partial charge in [0, 0.05) is 25.6 Å². The van der Waals surface area contributed by atoms with Gasteiger partial charge in [-0.2, -0.15) is 0 Å². The summed E-state index contributed by atoms with van der Waals surface area (Å²) >= 11 is 4.25. The van der Waals surface area contributed by atoms with Crippen LogP contribution in [0.25, 0.3) is 0 Å². The van der Waals surface area contributed by atoms with E-state index in [0.717, 1.165) is 13.0 Å². The van der Waals surface area contributed by atoms with Crippen LogP contribution in [0.5, 0.6) is 0 Å². The number of nitrogens with one attached hydrogen (secondary N) is 1. The number of anilines is 1. The number of thiophene rings is 1. The second-order valence-corrected chi connectivity index (χ2v) is 5.97. The van der Waals surface area contributed by atoms with Crippen LogP contribution in [0.1, 0.15) is 16.7 Å². The first-order valence-corrected chi connectivity index (χ1v) is 7.25. The quantitative estimate of drug-likeness (QED) is 0.805. The third-order valence-electron chi connectivity index (χ3n) is 2.39. The van der Waals surface area contributed by atoms with E-state index in [2.05, 4.69) is 71.2 Å². The number of benzene rings is 1. The fourth-order valence-corrected chi connectivity index (χ4v) is 2.97. The van der Waals surface area contributed by atoms with E-state index in [1.54, 1.807) is 0 Å². The molecule has 0 atom stereocenters. The van der Waals surface area contributed by atoms with E-state index in [1.165, 1.54) is 19.0 Å². The number of para-hydroxylation sites is 1. The summed E-state index contributed by atoms with van der Waals surface area (Å²) in [6, 6.07) is 12.8. The Balaban J connectivity index is 1.99. The van der Waals surface area contributed by atoms with E-state index < -0.39 is 0 Å². The van der Waals surface area contributed by atoms with Gasteiger partial charge in [-0.25, -0.2) is 0 Å². The van der Waals surface area contributed by atoms with Crippen LogP contribution in [-0.2, 0) is 13.0 Å². The zero-order valence-electron chi connectivity index (χ0n) is 9.16. The van der Waals surface area contributed by atoms with Crippen LogP contribution in [0.2, 0.25) is 0 Å². The smallest absolute Gasteiger partial charge is 0.0494 e. The maximum atomic E-state index is 3.47. The van der Waals surface area contributed by atoms with Gasteiger partial charge in [0.2, 0.25) is 0 Å². The normalized spacial score (nSPS) is 10.4. The van der Waals surface area contributed by atoms with Gasteiger partial charge in [-0.15, -0.1) is 11.3 Å². The van der Waals surface area contributed by atoms with E-state index >= 15 is 0 Å². The highest BCUT2D eigenvalue weighted by atomic mass is 127. The summed E-state index contributed by atoms with van der Waals surface area (Å²) in [6.45, 7) is 3.12. The number of hydrogen-bond acceptors (Lipinski definition) is 2. The Morgan fingerprint density at radius 1 is 1.12 bits per heavy atom. The number of rotatable bonds is 4. The summed E-state index contributed by atoms with van der Waals surface area (Å²) in [5.74, 6) is 0. The van der Waals surface area contributed by atoms with Crippen molar-refractivity contribution in [3.8, 4) is 0 Å². The van der Waals surface area contributed by atoms with Crippen molar-refractivity contribution in [2.75, 3.05) is 5.32 Å². The summed E-state index contributed by atoms with van der Waals surface area (Å²) < 4.78 is 1.27. The van der Waals surface area contributed by atoms with E-state index in [1.807, 2.05) is 11.3 Å². The van der Waals surface area contributed by atoms with E-state index in [-0.39, 0.29) is 0 Å². The van der Waals surface area contributed by atoms with Crippen LogP contribution in [0, 0.1) is 3.57 Å². The van der Waals surface area contributed by atoms with Crippen molar-refractivity contribution in [1.82, 2.24) is 0 Å². The Labute approximate surface area is 114 Å². The molecule has 1 heterocycles. The summed E-state index contributed by atoms with van der Waals surface area (Å²) in [5.41, 5.74) is 1.22. The minimum absolute atomic E-state index is 0.921. The predicted molar refractivity (Wildman–Crippen MR) is 80.2 cm³/mol. The zero-order chi connectivity index (χ0) is 11.4. The Bertz CT molecular complexity index is 464. The first kappa shape index (κ1) is 11.9. The van der Waals surface area contributed by atoms with Crippen LogP contribution in [0.15, 0.2) is 36.4 Å². The minimum atomic E-state index is 0.921. The highest BCUT2D eigenvalue weighted by molar-refractivity contribution is 14.1. The predicted octanol–water partition coefficient (Wildman–Crippen LogP) is 4.53. The average molecular weight is 343 g/mol. The van der Waals surface area contributed by atoms with Gasteiger partial charge in [0.1, 0.15) is 0 Å². The molecule has 0 radical (unpaired) electrons. The lowest BCUT2D eigenvalue weighted by Gasteiger charge is -2.06. The Hall–Kier alpha value is -0.550. The third-order valence-corrected chi connectivity index (χ3v) is 4.56. The minimum Gasteiger partial charge on any atom is -0.379 e. The van der Waals surface area contributed by atoms with Crippen molar-refractivity contribution < 1.29 is 0 Å². The maximum absolute atomic E-state index is 3.47. The molecule has 16 heavy (non-hydrogen) atoms. The highest BCUT2D eigenvalue weighted by Crippen LogP contribution is 2.21. The van der Waals surface area contributed by atoms with Gasteiger partial charge >= 0.3 is 0 Å². The van der Waals surface area contributed by atoms with Crippen LogP contribution >= 0.6 is 33.9 Å². The molecule has 0 aliphatic heterocycles. The molecule has 1 aromatic heterocycles. The molecule has 0 fully saturated rings. The molecule has 0 spiro atoms. The summed E-state index contributed by atoms with van der Waals surface area (Å²) in [6.07, 6.45) is 1.13. The van der Waals surface area contributed by atoms with E-state index in [0.29, 0.717) is 0 Å². The SMILES string of the molecule is CCc1ccc(CNc2ccccc2I)s1. The zero-order valence-corrected chi connectivity index (χ0v) is 12.1. The van der Waals surface area contributed by atoms with Crippen LogP contribution in [0.3, 0.4) is 0 Å². The summed E-state index contributed by atoms with van der Waals surface area (Å²) in [7, 11) is 0. The Kier molecular flexibility index (Phi) is 4.23. The average Bonchev–Trinajstić information content (AvgIpc) is 2.76. The molecule has 0 amide bonds. The molecule has 1 nitrogen and oxygen atoms in total. The molecule has 1 N–H and O–H groups in total. The summed E-state index contributed by atoms with van der Waals surface area (Å²) in [5, 5.41) is 3.47. The third kappa shape index (κ3) is 2.98. The topological polar surface area (TPSA) is 12.0 Å². The molecule has 0 bridgehead atoms. The molecule has 0 aliphatic rings. The lowest BCUT2D eigenvalue weighted by atomic mass is 10.3. The molecule has 2 rings (SSSR count). The van der Waals surface area contributed by atoms with Gasteiger partial charge in [-0.1, -0.05) is 19.1 Å². The standard InChI is InChI=1S/C13H14INS/c1-2-10-7-8-11(16-10)9-15-13-6-4-3-5-12(13)14/h3-8,15H,2,9H2,1H3. The Morgan fingerprint density at radius 2 is 1.88 bits per heavy atom. The summed E-state index contributed by atoms with van der Waals surface area (Å²) in [4.78, 5) is 2.86. The highest BCUT2D eigenvalue weighted by Gasteiger charge is 2.00. The van der Waals surface area contributed by atoms with Crippen LogP contribution < -0.4 is 5.32 Å². The molecule has 0 saturated heterocycles. The lowest BCUT2D eigenvalue weighted by Crippen LogP contribution is -1.98. The largest absolute Gasteiger partial charge is 0.379 e. The van der Waals surface area contributed by atoms with Crippen LogP contribution in [0.4, 0.5) is 5.69 Å². The maximum Gasteiger partial charge on any atom is 0.0494 e. The molecule has 1 aromatic carbocycles. The molecule has 3 heteroatoms. The van der Waals surface area contributed by atoms with E-state index in [9.17, 15) is 0 Å². The van der Waals surface area contributed by atoms with Crippen molar-refractivity contribution in [2.45, 2.75) is 19.9 Å². The van der Waals surface area contributed by atoms with Crippen molar-refractivity contribution in [1.29, 1.82) is 0 Å². The van der Waals surface area contributed by atoms with Crippen molar-refractivity contribution in [3.63, 3.8) is 0 Å². The van der Waals surface area contributed by atoms with Gasteiger partial charge in [0.05, 0.1) is 0 Å². The van der Waals surface area contributed by atoms with Crippen LogP contribution in [-0.4, -0.2) is 0 Å². The second kappa shape index (κ2) is 5.68. The first-order chi connectivity index (χ1) is 7.79. The molecule has 0 aliphatic carbocycles. The Morgan fingerprint density at radius 3 is 2.56 bits per heavy atom. The lowest BCUT2D eigenvalue weighted by molar-refractivity contribution is 1.18. The van der Waals surface area contributed by atoms with Gasteiger partial charge in [-0.3, -0.25) is 0 Å². The van der Waals surface area contributed by atoms with E-state index in [4.69, 9.17) is 0 Å². The van der Waals surface area contributed by atoms with Gasteiger partial charge < -0.3 is 5.32 Å². The van der Waals surface area contributed by atoms with Gasteiger partial charge in [0.25, 0.3) is 0 Å². The van der Waals surface area contributed by atoms with Crippen molar-refractivity contribution in [2.24, 2.45) is 0 Å². The van der Waals surface area contributed by atoms with Crippen molar-refractivity contribution in [3.05, 3.63) is 49.7 Å². The number of halogens is 1. The molecule has 0 saturated carbocycles. The molecular formula is C13H14INS. The number of aryl methyl sites for hydroxylation is 1. The fraction of sp³-hybridized carbons (Fsp3) is 0.231. The molecule has 84 valence electrons. The van der Waals surface area contributed by atoms with Gasteiger partial charge in [0.15, 0.2) is 0 Å². The number of hydrogen-bond donors (Lipinski definition) is 1. The van der Waals surface area contributed by atoms with Gasteiger partial charge in [-0.05, 0) is 53.3 Å². The fourth-order valence-electron chi connectivity index (χ4n) is 1.49. The molecule has 2 aromatic rings. The molecule has 0 unspecified atom stereocenters. The monoisotopic (exact) mass is 343 g/mol. The molecular weight excluding hydrogens is 329 g/mol. The first-order valence-electron chi connectivity index (χ1n) is 5.35. The van der Waals surface area contributed by atoms with Crippen molar-refractivity contribution >= 4 is 39.6 Å². The second-order valence-electron chi connectivity index (χ2n) is 3.55.